The topological polar surface area (TPSA) is 104 Å². The number of aryl methyl sites for hydroxylation is 1. The molecule has 0 N–H and O–H groups in total. The summed E-state index contributed by atoms with van der Waals surface area (Å²) < 4.78 is 22.7. The summed E-state index contributed by atoms with van der Waals surface area (Å²) in [4.78, 5) is 60.0. The van der Waals surface area contributed by atoms with E-state index in [2.05, 4.69) is 11.5 Å². The van der Waals surface area contributed by atoms with E-state index >= 15 is 9.18 Å². The molecule has 4 aromatic rings. The van der Waals surface area contributed by atoms with Gasteiger partial charge in [0.25, 0.3) is 11.5 Å². The van der Waals surface area contributed by atoms with Gasteiger partial charge >= 0.3 is 0 Å². The van der Waals surface area contributed by atoms with E-state index in [-0.39, 0.29) is 76.3 Å². The lowest BCUT2D eigenvalue weighted by Gasteiger charge is -2.53. The van der Waals surface area contributed by atoms with Crippen LogP contribution in [0.1, 0.15) is 37.9 Å². The van der Waals surface area contributed by atoms with Gasteiger partial charge in [0.2, 0.25) is 5.91 Å². The molecule has 0 spiro atoms. The SMILES string of the molecule is C=CC(=O)N1CC2C(=O)N(C3CN(C)C3)c3c(c4cc(Cl)c(-c5c(F)cccc5OC)nc4n(-c4c(C)ccnc4C(C)C)c3=O)N2CC1C. The highest BCUT2D eigenvalue weighted by Gasteiger charge is 2.50. The number of anilines is 2. The van der Waals surface area contributed by atoms with Crippen molar-refractivity contribution in [1.29, 1.82) is 0 Å². The number of pyridine rings is 3. The number of nitrogens with zero attached hydrogens (tertiary/aromatic N) is 7. The Morgan fingerprint density at radius 1 is 1.12 bits per heavy atom. The van der Waals surface area contributed by atoms with Crippen LogP contribution in [0.4, 0.5) is 15.8 Å². The first-order valence-corrected chi connectivity index (χ1v) is 17.0. The zero-order chi connectivity index (χ0) is 35.8. The fourth-order valence-corrected chi connectivity index (χ4v) is 7.90. The summed E-state index contributed by atoms with van der Waals surface area (Å²) in [6, 6.07) is 6.62. The lowest BCUT2D eigenvalue weighted by molar-refractivity contribution is -0.131. The van der Waals surface area contributed by atoms with Gasteiger partial charge < -0.3 is 19.4 Å². The molecule has 0 radical (unpaired) electrons. The lowest BCUT2D eigenvalue weighted by atomic mass is 9.95. The van der Waals surface area contributed by atoms with E-state index in [1.54, 1.807) is 28.1 Å². The number of amides is 2. The Morgan fingerprint density at radius 3 is 2.52 bits per heavy atom. The van der Waals surface area contributed by atoms with Crippen LogP contribution in [0.15, 0.2) is 54.0 Å². The first-order chi connectivity index (χ1) is 23.9. The van der Waals surface area contributed by atoms with Crippen LogP contribution >= 0.6 is 11.6 Å². The Balaban J connectivity index is 1.63. The lowest BCUT2D eigenvalue weighted by Crippen LogP contribution is -2.71. The molecule has 11 nitrogen and oxygen atoms in total. The molecule has 2 unspecified atom stereocenters. The maximum atomic E-state index is 15.6. The van der Waals surface area contributed by atoms with Crippen molar-refractivity contribution in [3.8, 4) is 22.7 Å². The normalized spacial score (nSPS) is 19.5. The Hall–Kier alpha value is -4.81. The number of likely N-dealkylation sites (N-methyl/N-ethyl adjacent to an activating group) is 1. The summed E-state index contributed by atoms with van der Waals surface area (Å²) in [6.45, 7) is 13.0. The summed E-state index contributed by atoms with van der Waals surface area (Å²) in [5.41, 5.74) is 2.64. The van der Waals surface area contributed by atoms with Crippen molar-refractivity contribution in [3.63, 3.8) is 0 Å². The number of hydrogen-bond donors (Lipinski definition) is 0. The Kier molecular flexibility index (Phi) is 8.42. The van der Waals surface area contributed by atoms with Crippen LogP contribution in [-0.4, -0.2) is 94.6 Å². The number of methoxy groups -OCH3 is 1. The van der Waals surface area contributed by atoms with Crippen molar-refractivity contribution in [2.24, 2.45) is 0 Å². The highest BCUT2D eigenvalue weighted by molar-refractivity contribution is 6.34. The van der Waals surface area contributed by atoms with E-state index in [1.807, 2.05) is 45.7 Å². The fourth-order valence-electron chi connectivity index (χ4n) is 7.66. The minimum absolute atomic E-state index is 0.0583. The molecular formula is C37H39ClFN7O4. The zero-order valence-corrected chi connectivity index (χ0v) is 29.7. The average Bonchev–Trinajstić information content (AvgIpc) is 3.07. The van der Waals surface area contributed by atoms with E-state index in [0.717, 1.165) is 5.56 Å². The molecule has 0 bridgehead atoms. The molecule has 2 fully saturated rings. The van der Waals surface area contributed by atoms with Gasteiger partial charge in [-0.05, 0) is 62.7 Å². The monoisotopic (exact) mass is 699 g/mol. The highest BCUT2D eigenvalue weighted by atomic mass is 35.5. The molecule has 3 aliphatic heterocycles. The summed E-state index contributed by atoms with van der Waals surface area (Å²) in [5.74, 6) is -0.972. The number of carbonyl (C=O) groups is 2. The smallest absolute Gasteiger partial charge is 0.283 e. The van der Waals surface area contributed by atoms with Gasteiger partial charge in [0.15, 0.2) is 5.65 Å². The number of fused-ring (bicyclic) bond motifs is 5. The van der Waals surface area contributed by atoms with Crippen molar-refractivity contribution in [3.05, 3.63) is 81.6 Å². The molecular weight excluding hydrogens is 661 g/mol. The summed E-state index contributed by atoms with van der Waals surface area (Å²) in [5, 5.41) is 0.643. The molecule has 0 saturated carbocycles. The van der Waals surface area contributed by atoms with E-state index in [9.17, 15) is 9.59 Å². The zero-order valence-electron chi connectivity index (χ0n) is 28.9. The third kappa shape index (κ3) is 5.07. The number of carbonyl (C=O) groups excluding carboxylic acids is 2. The summed E-state index contributed by atoms with van der Waals surface area (Å²) in [7, 11) is 3.40. The summed E-state index contributed by atoms with van der Waals surface area (Å²) in [6.07, 6.45) is 2.96. The Bertz CT molecular complexity index is 2150. The molecule has 2 saturated heterocycles. The number of rotatable bonds is 6. The fraction of sp³-hybridized carbons (Fsp3) is 0.378. The predicted octanol–water partition coefficient (Wildman–Crippen LogP) is 4.93. The molecule has 3 aromatic heterocycles. The second kappa shape index (κ2) is 12.5. The van der Waals surface area contributed by atoms with E-state index in [4.69, 9.17) is 26.3 Å². The predicted molar refractivity (Wildman–Crippen MR) is 192 cm³/mol. The number of benzene rings is 1. The van der Waals surface area contributed by atoms with Crippen molar-refractivity contribution in [2.75, 3.05) is 50.1 Å². The van der Waals surface area contributed by atoms with E-state index in [1.165, 1.54) is 29.9 Å². The maximum absolute atomic E-state index is 15.6. The number of likely N-dealkylation sites (tertiary alicyclic amines) is 1. The van der Waals surface area contributed by atoms with Crippen LogP contribution in [0.25, 0.3) is 28.0 Å². The minimum atomic E-state index is -0.775. The molecule has 50 heavy (non-hydrogen) atoms. The van der Waals surface area contributed by atoms with Gasteiger partial charge in [0.1, 0.15) is 23.3 Å². The number of piperazine rings is 1. The van der Waals surface area contributed by atoms with E-state index in [0.29, 0.717) is 35.5 Å². The van der Waals surface area contributed by atoms with Crippen molar-refractivity contribution < 1.29 is 18.7 Å². The van der Waals surface area contributed by atoms with Gasteiger partial charge in [-0.1, -0.05) is 38.1 Å². The second-order valence-electron chi connectivity index (χ2n) is 13.7. The molecule has 2 atom stereocenters. The number of ether oxygens (including phenoxy) is 1. The van der Waals surface area contributed by atoms with Crippen LogP contribution in [0.5, 0.6) is 5.75 Å². The van der Waals surface area contributed by atoms with Gasteiger partial charge in [-0.2, -0.15) is 0 Å². The molecule has 6 heterocycles. The van der Waals surface area contributed by atoms with E-state index < -0.39 is 17.4 Å². The second-order valence-corrected chi connectivity index (χ2v) is 14.1. The number of hydrogen-bond acceptors (Lipinski definition) is 8. The van der Waals surface area contributed by atoms with Gasteiger partial charge in [-0.3, -0.25) is 28.8 Å². The van der Waals surface area contributed by atoms with Gasteiger partial charge in [0, 0.05) is 37.3 Å². The third-order valence-electron chi connectivity index (χ3n) is 10.1. The van der Waals surface area contributed by atoms with Crippen molar-refractivity contribution in [1.82, 2.24) is 24.3 Å². The third-order valence-corrected chi connectivity index (χ3v) is 10.4. The first kappa shape index (κ1) is 33.7. The largest absolute Gasteiger partial charge is 0.496 e. The molecule has 2 amide bonds. The van der Waals surface area contributed by atoms with Crippen LogP contribution in [0, 0.1) is 12.7 Å². The standard InChI is InChI=1S/C37H39ClFN7O4/c1-8-28(47)43-18-26-36(48)45(22-16-42(6)17-22)34-33(44(26)15-21(43)5)23-14-24(38)31(29-25(39)10-9-11-27(29)50-7)41-35(23)46(37(34)49)32-20(4)12-13-40-30(32)19(2)3/h8-14,19,21-22,26H,1,15-18H2,2-7H3. The van der Waals surface area contributed by atoms with Gasteiger partial charge in [0.05, 0.1) is 53.0 Å². The number of aromatic nitrogens is 3. The van der Waals surface area contributed by atoms with Crippen LogP contribution in [-0.2, 0) is 9.59 Å². The Labute approximate surface area is 294 Å². The summed E-state index contributed by atoms with van der Waals surface area (Å²) >= 11 is 7.05. The highest BCUT2D eigenvalue weighted by Crippen LogP contribution is 2.46. The van der Waals surface area contributed by atoms with Crippen LogP contribution < -0.4 is 20.1 Å². The van der Waals surface area contributed by atoms with Crippen LogP contribution in [0.2, 0.25) is 5.02 Å². The maximum Gasteiger partial charge on any atom is 0.283 e. The van der Waals surface area contributed by atoms with Gasteiger partial charge in [-0.25, -0.2) is 9.37 Å². The Morgan fingerprint density at radius 2 is 1.86 bits per heavy atom. The molecule has 0 aliphatic carbocycles. The molecule has 13 heteroatoms. The molecule has 1 aromatic carbocycles. The van der Waals surface area contributed by atoms with Gasteiger partial charge in [-0.15, -0.1) is 0 Å². The molecule has 3 aliphatic rings. The quantitative estimate of drug-likeness (QED) is 0.261. The molecule has 260 valence electrons. The molecule has 7 rings (SSSR count). The average molecular weight is 700 g/mol. The van der Waals surface area contributed by atoms with Crippen LogP contribution in [0.3, 0.4) is 0 Å². The number of halogens is 2. The van der Waals surface area contributed by atoms with Crippen molar-refractivity contribution >= 4 is 45.8 Å². The van der Waals surface area contributed by atoms with Crippen molar-refractivity contribution in [2.45, 2.75) is 51.7 Å². The minimum Gasteiger partial charge on any atom is -0.496 e. The first-order valence-electron chi connectivity index (χ1n) is 16.7.